The number of Topliss-reactive ketones (excluding diaryl/α,β-unsaturated/α-hetero) is 2. The van der Waals surface area contributed by atoms with Crippen LogP contribution in [0.5, 0.6) is 0 Å². The molecule has 3 aliphatic rings. The standard InChI is InChI=1S/C43H61N3O10/c1-11-32-43(8)35(45-40(51)56-43)26(4)33(47)24(2)22-41(6,19-15-14-16-28-21-29-17-12-13-18-30(29)44-23-28)37(27(5)36(49)42(7,52)39(50)54-32)55-38-34(48)31(46(9)10)20-25(3)53-38/h12-14,16-18,21,23-27,31-32,34-35,37-38,48,52H,11,15,19-20,22H2,1-10H3,(H,45,51)/b16-14+/t24-,25-,26-,27+,31+,32+,34-,35-,37-,38+,41+,42+,43-/m1/s1. The first-order valence-electron chi connectivity index (χ1n) is 19.9. The Hall–Kier alpha value is -3.75. The third kappa shape index (κ3) is 8.72. The van der Waals surface area contributed by atoms with E-state index in [2.05, 4.69) is 10.3 Å². The Morgan fingerprint density at radius 2 is 1.75 bits per heavy atom. The Balaban J connectivity index is 1.58. The van der Waals surface area contributed by atoms with Gasteiger partial charge in [-0.15, -0.1) is 0 Å². The van der Waals surface area contributed by atoms with Gasteiger partial charge < -0.3 is 39.4 Å². The van der Waals surface area contributed by atoms with Crippen LogP contribution in [0.25, 0.3) is 17.0 Å². The van der Waals surface area contributed by atoms with E-state index in [9.17, 15) is 29.4 Å². The predicted molar refractivity (Wildman–Crippen MR) is 210 cm³/mol. The molecule has 4 heterocycles. The van der Waals surface area contributed by atoms with Gasteiger partial charge in [-0.25, -0.2) is 9.59 Å². The highest BCUT2D eigenvalue weighted by molar-refractivity contribution is 6.07. The number of hydrogen-bond acceptors (Lipinski definition) is 12. The zero-order chi connectivity index (χ0) is 41.3. The third-order valence-electron chi connectivity index (χ3n) is 12.5. The van der Waals surface area contributed by atoms with Crippen LogP contribution in [0.4, 0.5) is 4.79 Å². The number of aliphatic hydroxyl groups is 2. The van der Waals surface area contributed by atoms with E-state index in [1.165, 1.54) is 0 Å². The fourth-order valence-electron chi connectivity index (χ4n) is 9.25. The van der Waals surface area contributed by atoms with E-state index in [0.29, 0.717) is 19.3 Å². The average Bonchev–Trinajstić information content (AvgIpc) is 3.47. The lowest BCUT2D eigenvalue weighted by molar-refractivity contribution is -0.287. The van der Waals surface area contributed by atoms with Crippen LogP contribution in [0.3, 0.4) is 0 Å². The van der Waals surface area contributed by atoms with Crippen molar-refractivity contribution in [1.29, 1.82) is 0 Å². The fourth-order valence-corrected chi connectivity index (χ4v) is 9.25. The van der Waals surface area contributed by atoms with Crippen LogP contribution in [0.2, 0.25) is 0 Å². The van der Waals surface area contributed by atoms with E-state index in [1.54, 1.807) is 33.9 Å². The number of fused-ring (bicyclic) bond motifs is 2. The molecule has 3 fully saturated rings. The van der Waals surface area contributed by atoms with Crippen LogP contribution < -0.4 is 5.32 Å². The number of ketones is 2. The number of benzene rings is 1. The van der Waals surface area contributed by atoms with Gasteiger partial charge in [0.2, 0.25) is 5.60 Å². The molecule has 0 saturated carbocycles. The lowest BCUT2D eigenvalue weighted by Crippen LogP contribution is -2.60. The van der Waals surface area contributed by atoms with Crippen molar-refractivity contribution in [2.45, 2.75) is 141 Å². The predicted octanol–water partition coefficient (Wildman–Crippen LogP) is 5.24. The van der Waals surface area contributed by atoms with E-state index >= 15 is 0 Å². The van der Waals surface area contributed by atoms with E-state index < -0.39 is 82.9 Å². The molecule has 3 N–H and O–H groups in total. The van der Waals surface area contributed by atoms with Gasteiger partial charge in [0.05, 0.1) is 23.8 Å². The first-order valence-corrected chi connectivity index (χ1v) is 19.9. The van der Waals surface area contributed by atoms with Crippen molar-refractivity contribution in [2.75, 3.05) is 14.1 Å². The molecule has 0 spiro atoms. The lowest BCUT2D eigenvalue weighted by atomic mass is 9.66. The summed E-state index contributed by atoms with van der Waals surface area (Å²) in [6.45, 7) is 13.4. The smallest absolute Gasteiger partial charge is 0.408 e. The largest absolute Gasteiger partial charge is 0.456 e. The van der Waals surface area contributed by atoms with E-state index in [-0.39, 0.29) is 30.8 Å². The Bertz CT molecular complexity index is 1800. The summed E-state index contributed by atoms with van der Waals surface area (Å²) in [7, 11) is 3.73. The summed E-state index contributed by atoms with van der Waals surface area (Å²) >= 11 is 0. The van der Waals surface area contributed by atoms with Gasteiger partial charge in [-0.2, -0.15) is 0 Å². The molecule has 1 aromatic heterocycles. The number of carbonyl (C=O) groups is 4. The van der Waals surface area contributed by atoms with Gasteiger partial charge in [-0.1, -0.05) is 65.0 Å². The summed E-state index contributed by atoms with van der Waals surface area (Å²) in [4.78, 5) is 62.2. The number of nitrogens with one attached hydrogen (secondary N) is 1. The Kier molecular flexibility index (Phi) is 13.2. The topological polar surface area (TPSA) is 174 Å². The number of alkyl carbamates (subject to hydrolysis) is 1. The van der Waals surface area contributed by atoms with Crippen molar-refractivity contribution in [3.63, 3.8) is 0 Å². The maximum atomic E-state index is 14.6. The molecule has 0 radical (unpaired) electrons. The minimum Gasteiger partial charge on any atom is -0.456 e. The average molecular weight is 780 g/mol. The number of aromatic nitrogens is 1. The van der Waals surface area contributed by atoms with Gasteiger partial charge in [-0.05, 0) is 90.1 Å². The van der Waals surface area contributed by atoms with Crippen molar-refractivity contribution >= 4 is 40.6 Å². The van der Waals surface area contributed by atoms with Crippen LogP contribution in [0.15, 0.2) is 42.6 Å². The molecule has 13 nitrogen and oxygen atoms in total. The Morgan fingerprint density at radius 1 is 1.05 bits per heavy atom. The van der Waals surface area contributed by atoms with Crippen LogP contribution >= 0.6 is 0 Å². The maximum Gasteiger partial charge on any atom is 0.408 e. The van der Waals surface area contributed by atoms with Crippen molar-refractivity contribution in [3.8, 4) is 0 Å². The number of para-hydroxylation sites is 1. The molecule has 0 unspecified atom stereocenters. The van der Waals surface area contributed by atoms with Crippen molar-refractivity contribution in [1.82, 2.24) is 15.2 Å². The molecular formula is C43H61N3O10. The first-order chi connectivity index (χ1) is 26.2. The molecule has 3 saturated heterocycles. The molecule has 13 heteroatoms. The molecule has 0 bridgehead atoms. The number of ether oxygens (including phenoxy) is 4. The van der Waals surface area contributed by atoms with E-state index in [0.717, 1.165) is 23.4 Å². The minimum absolute atomic E-state index is 0.158. The number of allylic oxidation sites excluding steroid dienone is 1. The molecule has 56 heavy (non-hydrogen) atoms. The molecule has 0 aliphatic carbocycles. The van der Waals surface area contributed by atoms with E-state index in [1.807, 2.05) is 82.3 Å². The van der Waals surface area contributed by atoms with Crippen LogP contribution in [-0.4, -0.2) is 112 Å². The van der Waals surface area contributed by atoms with Gasteiger partial charge in [0.1, 0.15) is 18.0 Å². The second-order valence-electron chi connectivity index (χ2n) is 17.2. The highest BCUT2D eigenvalue weighted by Gasteiger charge is 2.58. The van der Waals surface area contributed by atoms with Crippen LogP contribution in [0, 0.1) is 23.2 Å². The molecule has 1 amide bonds. The second-order valence-corrected chi connectivity index (χ2v) is 17.2. The molecule has 5 rings (SSSR count). The first kappa shape index (κ1) is 43.4. The van der Waals surface area contributed by atoms with Gasteiger partial charge >= 0.3 is 12.1 Å². The third-order valence-corrected chi connectivity index (χ3v) is 12.5. The van der Waals surface area contributed by atoms with Crippen LogP contribution in [-0.2, 0) is 33.3 Å². The number of rotatable bonds is 8. The minimum atomic E-state index is -2.64. The van der Waals surface area contributed by atoms with Gasteiger partial charge in [0, 0.05) is 35.4 Å². The summed E-state index contributed by atoms with van der Waals surface area (Å²) in [5, 5.41) is 27.2. The van der Waals surface area contributed by atoms with Gasteiger partial charge in [0.25, 0.3) is 0 Å². The van der Waals surface area contributed by atoms with Gasteiger partial charge in [-0.3, -0.25) is 14.6 Å². The van der Waals surface area contributed by atoms with Crippen molar-refractivity contribution in [2.24, 2.45) is 23.2 Å². The zero-order valence-electron chi connectivity index (χ0n) is 34.5. The molecule has 308 valence electrons. The molecule has 3 aliphatic heterocycles. The number of amides is 1. The number of carbonyl (C=O) groups excluding carboxylic acids is 4. The zero-order valence-corrected chi connectivity index (χ0v) is 34.5. The summed E-state index contributed by atoms with van der Waals surface area (Å²) in [5.74, 6) is -4.77. The summed E-state index contributed by atoms with van der Waals surface area (Å²) < 4.78 is 24.6. The molecule has 1 aromatic carbocycles. The van der Waals surface area contributed by atoms with E-state index in [4.69, 9.17) is 18.9 Å². The van der Waals surface area contributed by atoms with Crippen molar-refractivity contribution in [3.05, 3.63) is 48.2 Å². The highest BCUT2D eigenvalue weighted by Crippen LogP contribution is 2.45. The highest BCUT2D eigenvalue weighted by atomic mass is 16.7. The second kappa shape index (κ2) is 17.0. The number of esters is 1. The van der Waals surface area contributed by atoms with Crippen molar-refractivity contribution < 1.29 is 48.3 Å². The number of hydrogen-bond donors (Lipinski definition) is 3. The maximum absolute atomic E-state index is 14.6. The van der Waals surface area contributed by atoms with Crippen LogP contribution in [0.1, 0.15) is 93.1 Å². The quantitative estimate of drug-likeness (QED) is 0.236. The number of cyclic esters (lactones) is 1. The molecular weight excluding hydrogens is 718 g/mol. The number of pyridine rings is 1. The normalized spacial score (nSPS) is 38.9. The Labute approximate surface area is 330 Å². The lowest BCUT2D eigenvalue weighted by Gasteiger charge is -2.48. The molecule has 2 aromatic rings. The fraction of sp³-hybridized carbons (Fsp3) is 0.651. The van der Waals surface area contributed by atoms with Gasteiger partial charge in [0.15, 0.2) is 17.7 Å². The Morgan fingerprint density at radius 3 is 2.43 bits per heavy atom. The monoisotopic (exact) mass is 779 g/mol. The molecule has 13 atom stereocenters. The summed E-state index contributed by atoms with van der Waals surface area (Å²) in [5.41, 5.74) is -3.31. The SMILES string of the molecule is CC[C@@H]1OC(=O)[C@@](C)(O)C(=O)[C@H](C)[C@@H](O[C@@H]2O[C@H](C)C[C@H](N(C)C)[C@H]2O)[C@@](C)(CC/C=C/c2cnc3ccccc3c2)C[C@@H](C)C(=O)[C@@H](C)[C@H]2NC(=O)O[C@]12C. The number of likely N-dealkylation sites (N-methyl/N-ethyl adjacent to an activating group) is 1. The summed E-state index contributed by atoms with van der Waals surface area (Å²) in [6.07, 6.45) is 2.12. The number of aliphatic hydroxyl groups excluding tert-OH is 1. The number of nitrogens with zero attached hydrogens (tertiary/aromatic N) is 2. The summed E-state index contributed by atoms with van der Waals surface area (Å²) in [6, 6.07) is 8.69.